The number of thioether (sulfide) groups is 1. The molecule has 1 aromatic rings. The van der Waals surface area contributed by atoms with Crippen LogP contribution in [0.25, 0.3) is 0 Å². The van der Waals surface area contributed by atoms with Crippen LogP contribution in [0.4, 0.5) is 22.8 Å². The number of benzene rings is 1. The molecular formula is C30H43F3N6O8S. The van der Waals surface area contributed by atoms with Gasteiger partial charge in [-0.05, 0) is 39.7 Å². The number of hydroxylamine groups is 1. The van der Waals surface area contributed by atoms with Crippen LogP contribution in [0.3, 0.4) is 0 Å². The highest BCUT2D eigenvalue weighted by molar-refractivity contribution is 8.00. The fraction of sp³-hybridized carbons (Fsp3) is 0.700. The number of nitrogens with zero attached hydrogens (tertiary/aromatic N) is 2. The maximum Gasteiger partial charge on any atom is 0.442 e. The number of carbonyl (C=O) groups is 3. The Bertz CT molecular complexity index is 1290. The highest BCUT2D eigenvalue weighted by Crippen LogP contribution is 2.53. The predicted octanol–water partition coefficient (Wildman–Crippen LogP) is 4.08. The summed E-state index contributed by atoms with van der Waals surface area (Å²) in [7, 11) is 0. The van der Waals surface area contributed by atoms with Crippen LogP contribution in [0.2, 0.25) is 0 Å². The van der Waals surface area contributed by atoms with Gasteiger partial charge >= 0.3 is 24.0 Å². The lowest BCUT2D eigenvalue weighted by Gasteiger charge is -2.20. The zero-order valence-electron chi connectivity index (χ0n) is 27.2. The van der Waals surface area contributed by atoms with E-state index in [-0.39, 0.29) is 68.4 Å². The van der Waals surface area contributed by atoms with Crippen LogP contribution >= 0.6 is 11.8 Å². The summed E-state index contributed by atoms with van der Waals surface area (Å²) >= 11 is 1.86. The zero-order chi connectivity index (χ0) is 34.8. The summed E-state index contributed by atoms with van der Waals surface area (Å²) < 4.78 is 62.5. The molecule has 14 nitrogen and oxygen atoms in total. The van der Waals surface area contributed by atoms with Crippen molar-refractivity contribution in [3.63, 3.8) is 0 Å². The minimum Gasteiger partial charge on any atom is -0.491 e. The molecule has 4 amide bonds. The number of nitrogens with one attached hydrogen (secondary N) is 4. The number of ether oxygens (including phenoxy) is 4. The van der Waals surface area contributed by atoms with Crippen LogP contribution in [0.15, 0.2) is 28.4 Å². The summed E-state index contributed by atoms with van der Waals surface area (Å²) in [6.45, 7) is 6.13. The highest BCUT2D eigenvalue weighted by atomic mass is 32.2. The van der Waals surface area contributed by atoms with E-state index >= 15 is 0 Å². The van der Waals surface area contributed by atoms with E-state index in [2.05, 4.69) is 31.7 Å². The molecule has 0 spiro atoms. The van der Waals surface area contributed by atoms with Gasteiger partial charge in [-0.25, -0.2) is 9.59 Å². The molecule has 1 aromatic carbocycles. The maximum absolute atomic E-state index is 13.6. The molecule has 4 rings (SSSR count). The van der Waals surface area contributed by atoms with Gasteiger partial charge in [0.2, 0.25) is 5.91 Å². The number of amides is 4. The van der Waals surface area contributed by atoms with Gasteiger partial charge in [-0.2, -0.15) is 30.4 Å². The first kappa shape index (κ1) is 37.5. The average molecular weight is 705 g/mol. The Labute approximate surface area is 280 Å². The van der Waals surface area contributed by atoms with E-state index in [0.717, 1.165) is 25.0 Å². The van der Waals surface area contributed by atoms with E-state index in [1.54, 1.807) is 20.8 Å². The molecule has 0 aromatic heterocycles. The number of rotatable bonds is 19. The lowest BCUT2D eigenvalue weighted by molar-refractivity contribution is -0.166. The van der Waals surface area contributed by atoms with Gasteiger partial charge in [0.1, 0.15) is 24.6 Å². The molecule has 3 heterocycles. The van der Waals surface area contributed by atoms with Crippen molar-refractivity contribution in [2.45, 2.75) is 87.8 Å². The number of urea groups is 1. The lowest BCUT2D eigenvalue weighted by Crippen LogP contribution is -2.36. The van der Waals surface area contributed by atoms with Crippen LogP contribution in [0.1, 0.15) is 57.6 Å². The molecule has 4 N–H and O–H groups in total. The smallest absolute Gasteiger partial charge is 0.442 e. The molecule has 2 fully saturated rings. The fourth-order valence-corrected chi connectivity index (χ4v) is 6.64. The molecule has 3 aliphatic heterocycles. The van der Waals surface area contributed by atoms with Gasteiger partial charge < -0.3 is 34.9 Å². The number of hydrogen-bond donors (Lipinski definition) is 4. The Hall–Kier alpha value is -3.35. The quantitative estimate of drug-likeness (QED) is 0.0942. The van der Waals surface area contributed by atoms with Crippen molar-refractivity contribution in [2.75, 3.05) is 45.3 Å². The topological polar surface area (TPSA) is 170 Å². The summed E-state index contributed by atoms with van der Waals surface area (Å²) in [6.07, 6.45) is -2.47. The fourth-order valence-electron chi connectivity index (χ4n) is 5.10. The van der Waals surface area contributed by atoms with Crippen LogP contribution < -0.4 is 26.2 Å². The molecule has 0 aliphatic carbocycles. The molecule has 0 unspecified atom stereocenters. The third kappa shape index (κ3) is 11.1. The number of carbonyl (C=O) groups excluding carboxylic acids is 3. The van der Waals surface area contributed by atoms with Gasteiger partial charge in [-0.1, -0.05) is 18.6 Å². The number of alkyl halides is 3. The predicted molar refractivity (Wildman–Crippen MR) is 167 cm³/mol. The maximum atomic E-state index is 13.6. The molecule has 2 saturated heterocycles. The summed E-state index contributed by atoms with van der Waals surface area (Å²) in [4.78, 5) is 40.6. The van der Waals surface area contributed by atoms with E-state index in [9.17, 15) is 27.6 Å². The Morgan fingerprint density at radius 1 is 1.04 bits per heavy atom. The largest absolute Gasteiger partial charge is 0.491 e. The Morgan fingerprint density at radius 3 is 2.48 bits per heavy atom. The normalized spacial score (nSPS) is 20.9. The van der Waals surface area contributed by atoms with Gasteiger partial charge in [0.25, 0.3) is 0 Å². The number of hydrogen-bond acceptors (Lipinski definition) is 11. The molecule has 0 saturated carbocycles. The number of fused-ring (bicyclic) bond motifs is 1. The summed E-state index contributed by atoms with van der Waals surface area (Å²) in [5.41, 5.74) is -1.10. The summed E-state index contributed by atoms with van der Waals surface area (Å²) in [5, 5.41) is 15.6. The van der Waals surface area contributed by atoms with Crippen molar-refractivity contribution < 1.29 is 51.3 Å². The second-order valence-corrected chi connectivity index (χ2v) is 13.6. The van der Waals surface area contributed by atoms with Crippen molar-refractivity contribution in [1.82, 2.24) is 21.4 Å². The zero-order valence-corrected chi connectivity index (χ0v) is 28.0. The summed E-state index contributed by atoms with van der Waals surface area (Å²) in [6, 6.07) is 4.07. The standard InChI is InChI=1S/C30H43F3N6O8S/c1-28(2,3)47-27(42)37-46-17-19-8-9-20(29(38-39-29)30(31,32)33)16-22(19)45-15-14-44-13-12-43-11-10-34-24(40)7-5-4-6-23-25-21(18-48-23)35-26(41)36-25/h8-9,16,21,23,25H,4-7,10-15,17-18H2,1-3H3,(H,34,40)(H,37,42)(H2,35,36,41)/t21-,23-,25-/m0/s1. The van der Waals surface area contributed by atoms with E-state index < -0.39 is 23.5 Å². The van der Waals surface area contributed by atoms with Gasteiger partial charge in [0.15, 0.2) is 0 Å². The molecule has 48 heavy (non-hydrogen) atoms. The third-order valence-corrected chi connectivity index (χ3v) is 8.96. The summed E-state index contributed by atoms with van der Waals surface area (Å²) in [5.74, 6) is 0.958. The van der Waals surface area contributed by atoms with Crippen LogP contribution in [-0.4, -0.2) is 92.5 Å². The minimum atomic E-state index is -4.71. The van der Waals surface area contributed by atoms with Crippen molar-refractivity contribution >= 4 is 29.8 Å². The minimum absolute atomic E-state index is 0.00546. The second-order valence-electron chi connectivity index (χ2n) is 12.4. The van der Waals surface area contributed by atoms with Crippen LogP contribution in [-0.2, 0) is 36.1 Å². The molecule has 0 radical (unpaired) electrons. The Kier molecular flexibility index (Phi) is 13.2. The van der Waals surface area contributed by atoms with Gasteiger partial charge in [0, 0.05) is 35.1 Å². The number of unbranched alkanes of at least 4 members (excludes halogenated alkanes) is 1. The van der Waals surface area contributed by atoms with E-state index in [4.69, 9.17) is 23.8 Å². The Balaban J connectivity index is 1.07. The third-order valence-electron chi connectivity index (χ3n) is 7.45. The van der Waals surface area contributed by atoms with E-state index in [1.807, 2.05) is 11.8 Å². The van der Waals surface area contributed by atoms with Crippen LogP contribution in [0, 0.1) is 0 Å². The number of halogens is 3. The SMILES string of the molecule is CC(C)(C)OC(=O)NOCc1ccc(C2(C(F)(F)F)N=N2)cc1OCCOCCOCCNC(=O)CCCC[C@@H]1SC[C@@H]2NC(=O)N[C@@H]21. The van der Waals surface area contributed by atoms with E-state index in [1.165, 1.54) is 18.2 Å². The van der Waals surface area contributed by atoms with Crippen molar-refractivity contribution in [3.8, 4) is 5.75 Å². The van der Waals surface area contributed by atoms with Gasteiger partial charge in [-0.15, -0.1) is 10.2 Å². The van der Waals surface area contributed by atoms with Crippen molar-refractivity contribution in [3.05, 3.63) is 29.3 Å². The monoisotopic (exact) mass is 704 g/mol. The second kappa shape index (κ2) is 16.8. The highest BCUT2D eigenvalue weighted by Gasteiger charge is 2.65. The Morgan fingerprint density at radius 2 is 1.77 bits per heavy atom. The molecule has 268 valence electrons. The van der Waals surface area contributed by atoms with Crippen molar-refractivity contribution in [1.29, 1.82) is 0 Å². The van der Waals surface area contributed by atoms with E-state index in [0.29, 0.717) is 30.4 Å². The van der Waals surface area contributed by atoms with Gasteiger partial charge in [0.05, 0.1) is 38.5 Å². The molecule has 0 bridgehead atoms. The van der Waals surface area contributed by atoms with Gasteiger partial charge in [-0.3, -0.25) is 9.63 Å². The van der Waals surface area contributed by atoms with Crippen molar-refractivity contribution in [2.24, 2.45) is 10.2 Å². The molecule has 3 aliphatic rings. The molecule has 3 atom stereocenters. The first-order valence-corrected chi connectivity index (χ1v) is 16.8. The van der Waals surface area contributed by atoms with Crippen LogP contribution in [0.5, 0.6) is 5.75 Å². The first-order valence-electron chi connectivity index (χ1n) is 15.8. The molecular weight excluding hydrogens is 661 g/mol. The first-order chi connectivity index (χ1) is 22.8. The molecule has 18 heteroatoms. The lowest BCUT2D eigenvalue weighted by atomic mass is 10.0. The average Bonchev–Trinajstić information content (AvgIpc) is 3.64.